The normalized spacial score (nSPS) is 16.0. The fourth-order valence-electron chi connectivity index (χ4n) is 2.98. The average Bonchev–Trinajstić information content (AvgIpc) is 2.46. The number of rotatable bonds is 5. The third-order valence-corrected chi connectivity index (χ3v) is 4.04. The highest BCUT2D eigenvalue weighted by Crippen LogP contribution is 2.25. The Bertz CT molecular complexity index is 479. The predicted molar refractivity (Wildman–Crippen MR) is 87.6 cm³/mol. The van der Waals surface area contributed by atoms with E-state index in [0.717, 1.165) is 39.0 Å². The van der Waals surface area contributed by atoms with E-state index < -0.39 is 0 Å². The van der Waals surface area contributed by atoms with Gasteiger partial charge in [-0.3, -0.25) is 4.79 Å². The van der Waals surface area contributed by atoms with Crippen molar-refractivity contribution in [1.29, 1.82) is 0 Å². The van der Waals surface area contributed by atoms with Gasteiger partial charge in [0, 0.05) is 38.3 Å². The zero-order valence-corrected chi connectivity index (χ0v) is 13.4. The summed E-state index contributed by atoms with van der Waals surface area (Å²) in [5, 5.41) is 6.46. The quantitative estimate of drug-likeness (QED) is 0.873. The molecule has 0 aromatic heterocycles. The maximum Gasteiger partial charge on any atom is 0.217 e. The Morgan fingerprint density at radius 1 is 1.33 bits per heavy atom. The number of carbonyl (C=O) groups excluding carboxylic acids is 1. The number of aryl methyl sites for hydroxylation is 1. The maximum absolute atomic E-state index is 11.1. The predicted octanol–water partition coefficient (Wildman–Crippen LogP) is 2.21. The van der Waals surface area contributed by atoms with Crippen LogP contribution in [0.25, 0.3) is 0 Å². The molecule has 1 aliphatic rings. The lowest BCUT2D eigenvalue weighted by molar-refractivity contribution is -0.119. The van der Waals surface area contributed by atoms with Crippen LogP contribution in [0.5, 0.6) is 0 Å². The van der Waals surface area contributed by atoms with E-state index in [1.807, 2.05) is 0 Å². The summed E-state index contributed by atoms with van der Waals surface area (Å²) in [6.07, 6.45) is 2.04. The molecule has 0 atom stereocenters. The van der Waals surface area contributed by atoms with E-state index in [0.29, 0.717) is 6.04 Å². The van der Waals surface area contributed by atoms with Crippen LogP contribution in [0.2, 0.25) is 0 Å². The third-order valence-electron chi connectivity index (χ3n) is 4.04. The zero-order chi connectivity index (χ0) is 15.2. The minimum atomic E-state index is 0.0802. The molecule has 1 aromatic rings. The molecule has 4 nitrogen and oxygen atoms in total. The molecule has 0 bridgehead atoms. The lowest BCUT2D eigenvalue weighted by Crippen LogP contribution is -2.44. The number of piperidine rings is 1. The van der Waals surface area contributed by atoms with Crippen LogP contribution in [0.3, 0.4) is 0 Å². The average molecular weight is 289 g/mol. The van der Waals surface area contributed by atoms with E-state index in [1.54, 1.807) is 6.92 Å². The molecule has 21 heavy (non-hydrogen) atoms. The molecule has 0 spiro atoms. The van der Waals surface area contributed by atoms with Crippen LogP contribution >= 0.6 is 0 Å². The molecular weight excluding hydrogens is 262 g/mol. The molecule has 0 unspecified atom stereocenters. The molecule has 116 valence electrons. The van der Waals surface area contributed by atoms with Gasteiger partial charge in [-0.15, -0.1) is 0 Å². The molecule has 4 heteroatoms. The minimum absolute atomic E-state index is 0.0802. The van der Waals surface area contributed by atoms with Crippen LogP contribution in [0.1, 0.15) is 37.8 Å². The SMILES string of the molecule is CCNCc1cc(C)ccc1N1CCC(NC(C)=O)CC1. The van der Waals surface area contributed by atoms with Gasteiger partial charge in [0.2, 0.25) is 5.91 Å². The molecule has 1 fully saturated rings. The number of benzene rings is 1. The number of carbonyl (C=O) groups is 1. The second-order valence-electron chi connectivity index (χ2n) is 5.87. The molecule has 0 radical (unpaired) electrons. The first-order valence-corrected chi connectivity index (χ1v) is 7.92. The first-order chi connectivity index (χ1) is 10.1. The van der Waals surface area contributed by atoms with Crippen LogP contribution in [-0.2, 0) is 11.3 Å². The Balaban J connectivity index is 2.03. The van der Waals surface area contributed by atoms with E-state index in [1.165, 1.54) is 16.8 Å². The van der Waals surface area contributed by atoms with Crippen molar-refractivity contribution < 1.29 is 4.79 Å². The second kappa shape index (κ2) is 7.46. The van der Waals surface area contributed by atoms with Crippen molar-refractivity contribution in [1.82, 2.24) is 10.6 Å². The second-order valence-corrected chi connectivity index (χ2v) is 5.87. The van der Waals surface area contributed by atoms with E-state index in [4.69, 9.17) is 0 Å². The molecule has 0 aliphatic carbocycles. The smallest absolute Gasteiger partial charge is 0.217 e. The Labute approximate surface area is 127 Å². The van der Waals surface area contributed by atoms with Gasteiger partial charge in [0.05, 0.1) is 0 Å². The van der Waals surface area contributed by atoms with Gasteiger partial charge in [0.15, 0.2) is 0 Å². The highest BCUT2D eigenvalue weighted by atomic mass is 16.1. The van der Waals surface area contributed by atoms with Crippen LogP contribution in [0.4, 0.5) is 5.69 Å². The standard InChI is InChI=1S/C17H27N3O/c1-4-18-12-15-11-13(2)5-6-17(15)20-9-7-16(8-10-20)19-14(3)21/h5-6,11,16,18H,4,7-10,12H2,1-3H3,(H,19,21). The zero-order valence-electron chi connectivity index (χ0n) is 13.4. The van der Waals surface area contributed by atoms with Gasteiger partial charge in [0.25, 0.3) is 0 Å². The lowest BCUT2D eigenvalue weighted by atomic mass is 10.0. The molecule has 0 saturated carbocycles. The first-order valence-electron chi connectivity index (χ1n) is 7.92. The molecular formula is C17H27N3O. The molecule has 1 aromatic carbocycles. The fourth-order valence-corrected chi connectivity index (χ4v) is 2.98. The van der Waals surface area contributed by atoms with Gasteiger partial charge >= 0.3 is 0 Å². The molecule has 1 saturated heterocycles. The molecule has 1 aliphatic heterocycles. The summed E-state index contributed by atoms with van der Waals surface area (Å²) in [4.78, 5) is 13.6. The van der Waals surface area contributed by atoms with E-state index in [9.17, 15) is 4.79 Å². The van der Waals surface area contributed by atoms with Gasteiger partial charge in [0.1, 0.15) is 0 Å². The number of nitrogens with one attached hydrogen (secondary N) is 2. The fraction of sp³-hybridized carbons (Fsp3) is 0.588. The summed E-state index contributed by atoms with van der Waals surface area (Å²) in [7, 11) is 0. The lowest BCUT2D eigenvalue weighted by Gasteiger charge is -2.35. The van der Waals surface area contributed by atoms with Gasteiger partial charge < -0.3 is 15.5 Å². The van der Waals surface area contributed by atoms with Gasteiger partial charge in [-0.05, 0) is 37.9 Å². The van der Waals surface area contributed by atoms with Crippen molar-refractivity contribution in [2.45, 2.75) is 46.2 Å². The van der Waals surface area contributed by atoms with Crippen LogP contribution in [0.15, 0.2) is 18.2 Å². The number of hydrogen-bond donors (Lipinski definition) is 2. The van der Waals surface area contributed by atoms with Crippen molar-refractivity contribution in [3.05, 3.63) is 29.3 Å². The number of hydrogen-bond acceptors (Lipinski definition) is 3. The summed E-state index contributed by atoms with van der Waals surface area (Å²) in [6, 6.07) is 7.03. The van der Waals surface area contributed by atoms with Gasteiger partial charge in [-0.1, -0.05) is 24.6 Å². The van der Waals surface area contributed by atoms with Gasteiger partial charge in [-0.2, -0.15) is 0 Å². The first kappa shape index (κ1) is 15.8. The number of nitrogens with zero attached hydrogens (tertiary/aromatic N) is 1. The van der Waals surface area contributed by atoms with Crippen LogP contribution in [-0.4, -0.2) is 31.6 Å². The van der Waals surface area contributed by atoms with Crippen LogP contribution < -0.4 is 15.5 Å². The van der Waals surface area contributed by atoms with Gasteiger partial charge in [-0.25, -0.2) is 0 Å². The summed E-state index contributed by atoms with van der Waals surface area (Å²) in [5.41, 5.74) is 4.01. The third kappa shape index (κ3) is 4.46. The Hall–Kier alpha value is -1.55. The summed E-state index contributed by atoms with van der Waals surface area (Å²) in [5.74, 6) is 0.0802. The minimum Gasteiger partial charge on any atom is -0.371 e. The largest absolute Gasteiger partial charge is 0.371 e. The number of anilines is 1. The molecule has 1 heterocycles. The van der Waals surface area contributed by atoms with Crippen molar-refractivity contribution in [3.8, 4) is 0 Å². The van der Waals surface area contributed by atoms with Crippen LogP contribution in [0, 0.1) is 6.92 Å². The van der Waals surface area contributed by atoms with Crippen molar-refractivity contribution in [2.24, 2.45) is 0 Å². The highest BCUT2D eigenvalue weighted by molar-refractivity contribution is 5.73. The molecule has 2 rings (SSSR count). The maximum atomic E-state index is 11.1. The summed E-state index contributed by atoms with van der Waals surface area (Å²) >= 11 is 0. The van der Waals surface area contributed by atoms with Crippen molar-refractivity contribution in [3.63, 3.8) is 0 Å². The van der Waals surface area contributed by atoms with Crippen molar-refractivity contribution in [2.75, 3.05) is 24.5 Å². The highest BCUT2D eigenvalue weighted by Gasteiger charge is 2.21. The Kier molecular flexibility index (Phi) is 5.62. The summed E-state index contributed by atoms with van der Waals surface area (Å²) in [6.45, 7) is 9.79. The van der Waals surface area contributed by atoms with E-state index >= 15 is 0 Å². The van der Waals surface area contributed by atoms with Crippen molar-refractivity contribution >= 4 is 11.6 Å². The Morgan fingerprint density at radius 2 is 2.05 bits per heavy atom. The number of amides is 1. The Morgan fingerprint density at radius 3 is 2.67 bits per heavy atom. The topological polar surface area (TPSA) is 44.4 Å². The molecule has 2 N–H and O–H groups in total. The summed E-state index contributed by atoms with van der Waals surface area (Å²) < 4.78 is 0. The van der Waals surface area contributed by atoms with E-state index in [-0.39, 0.29) is 5.91 Å². The molecule has 1 amide bonds. The van der Waals surface area contributed by atoms with E-state index in [2.05, 4.69) is 47.6 Å². The monoisotopic (exact) mass is 289 g/mol.